The van der Waals surface area contributed by atoms with E-state index in [2.05, 4.69) is 5.32 Å². The van der Waals surface area contributed by atoms with Crippen LogP contribution in [0, 0.1) is 17.7 Å². The summed E-state index contributed by atoms with van der Waals surface area (Å²) in [5.41, 5.74) is 0.447. The molecule has 2 saturated heterocycles. The number of carbonyl (C=O) groups is 2. The molecule has 1 saturated carbocycles. The quantitative estimate of drug-likeness (QED) is 0.880. The molecule has 6 nitrogen and oxygen atoms in total. The van der Waals surface area contributed by atoms with E-state index in [0.717, 1.165) is 0 Å². The minimum Gasteiger partial charge on any atom is -0.352 e. The molecule has 1 aliphatic carbocycles. The topological polar surface area (TPSA) is 67.9 Å². The highest BCUT2D eigenvalue weighted by Crippen LogP contribution is 2.41. The lowest BCUT2D eigenvalue weighted by atomic mass is 10.0. The predicted molar refractivity (Wildman–Crippen MR) is 90.3 cm³/mol. The molecule has 2 heterocycles. The van der Waals surface area contributed by atoms with Crippen molar-refractivity contribution in [1.82, 2.24) is 10.2 Å². The Hall–Kier alpha value is -1.99. The van der Waals surface area contributed by atoms with E-state index in [1.54, 1.807) is 18.2 Å². The molecular formula is C19H23FN2O4. The van der Waals surface area contributed by atoms with Gasteiger partial charge >= 0.3 is 0 Å². The van der Waals surface area contributed by atoms with Crippen molar-refractivity contribution in [2.24, 2.45) is 11.8 Å². The predicted octanol–water partition coefficient (Wildman–Crippen LogP) is 1.44. The van der Waals surface area contributed by atoms with Gasteiger partial charge in [0.15, 0.2) is 5.79 Å². The van der Waals surface area contributed by atoms with E-state index in [1.807, 2.05) is 4.90 Å². The molecule has 1 aromatic carbocycles. The van der Waals surface area contributed by atoms with Gasteiger partial charge in [-0.2, -0.15) is 0 Å². The number of carbonyl (C=O) groups excluding carboxylic acids is 2. The van der Waals surface area contributed by atoms with Crippen molar-refractivity contribution < 1.29 is 23.5 Å². The zero-order valence-corrected chi connectivity index (χ0v) is 14.6. The molecule has 4 rings (SSSR count). The van der Waals surface area contributed by atoms with Crippen LogP contribution < -0.4 is 5.32 Å². The van der Waals surface area contributed by atoms with Crippen molar-refractivity contribution in [3.05, 3.63) is 35.6 Å². The summed E-state index contributed by atoms with van der Waals surface area (Å²) < 4.78 is 24.9. The first-order valence-corrected chi connectivity index (χ1v) is 9.16. The number of piperidine rings is 1. The second-order valence-corrected chi connectivity index (χ2v) is 7.19. The molecule has 2 unspecified atom stereocenters. The zero-order chi connectivity index (χ0) is 18.1. The number of benzene rings is 1. The lowest BCUT2D eigenvalue weighted by molar-refractivity contribution is -0.187. The molecule has 3 fully saturated rings. The average molecular weight is 362 g/mol. The molecule has 0 radical (unpaired) electrons. The van der Waals surface area contributed by atoms with Crippen molar-refractivity contribution in [2.45, 2.75) is 31.6 Å². The van der Waals surface area contributed by atoms with Crippen LogP contribution in [0.3, 0.4) is 0 Å². The van der Waals surface area contributed by atoms with E-state index >= 15 is 0 Å². The number of nitrogens with one attached hydrogen (secondary N) is 1. The van der Waals surface area contributed by atoms with Crippen molar-refractivity contribution in [1.29, 1.82) is 0 Å². The lowest BCUT2D eigenvalue weighted by Crippen LogP contribution is -2.48. The Morgan fingerprint density at radius 1 is 1.15 bits per heavy atom. The fraction of sp³-hybridized carbons (Fsp3) is 0.579. The van der Waals surface area contributed by atoms with Crippen LogP contribution in [0.15, 0.2) is 24.3 Å². The molecule has 1 spiro atoms. The lowest BCUT2D eigenvalue weighted by Gasteiger charge is -2.37. The maximum absolute atomic E-state index is 13.6. The van der Waals surface area contributed by atoms with E-state index in [0.29, 0.717) is 51.1 Å². The van der Waals surface area contributed by atoms with Crippen LogP contribution in [0.5, 0.6) is 0 Å². The van der Waals surface area contributed by atoms with E-state index in [9.17, 15) is 14.0 Å². The number of hydrogen-bond donors (Lipinski definition) is 1. The van der Waals surface area contributed by atoms with Crippen LogP contribution in [-0.4, -0.2) is 48.8 Å². The fourth-order valence-electron chi connectivity index (χ4n) is 3.80. The van der Waals surface area contributed by atoms with E-state index in [1.165, 1.54) is 6.07 Å². The van der Waals surface area contributed by atoms with Gasteiger partial charge in [-0.1, -0.05) is 18.2 Å². The number of amides is 2. The SMILES string of the molecule is O=C(NCc1ccccc1F)C1CC1C(=O)N1CCC2(CC1)OCCO2. The second-order valence-electron chi connectivity index (χ2n) is 7.19. The maximum atomic E-state index is 13.6. The molecule has 7 heteroatoms. The summed E-state index contributed by atoms with van der Waals surface area (Å²) in [4.78, 5) is 26.7. The summed E-state index contributed by atoms with van der Waals surface area (Å²) in [5, 5.41) is 2.74. The third-order valence-electron chi connectivity index (χ3n) is 5.51. The van der Waals surface area contributed by atoms with Crippen LogP contribution in [0.4, 0.5) is 4.39 Å². The highest BCUT2D eigenvalue weighted by Gasteiger charge is 2.51. The van der Waals surface area contributed by atoms with E-state index in [4.69, 9.17) is 9.47 Å². The van der Waals surface area contributed by atoms with E-state index in [-0.39, 0.29) is 36.0 Å². The summed E-state index contributed by atoms with van der Waals surface area (Å²) in [7, 11) is 0. The molecule has 2 amide bonds. The van der Waals surface area contributed by atoms with Crippen LogP contribution in [0.25, 0.3) is 0 Å². The second kappa shape index (κ2) is 6.96. The Bertz CT molecular complexity index is 695. The summed E-state index contributed by atoms with van der Waals surface area (Å²) in [6.45, 7) is 2.56. The monoisotopic (exact) mass is 362 g/mol. The molecule has 2 aliphatic heterocycles. The van der Waals surface area contributed by atoms with Gasteiger partial charge in [-0.05, 0) is 12.5 Å². The Kier molecular flexibility index (Phi) is 4.67. The van der Waals surface area contributed by atoms with Gasteiger partial charge in [0, 0.05) is 38.0 Å². The fourth-order valence-corrected chi connectivity index (χ4v) is 3.80. The minimum absolute atomic E-state index is 0.0314. The Morgan fingerprint density at radius 3 is 2.54 bits per heavy atom. The maximum Gasteiger partial charge on any atom is 0.226 e. The number of ether oxygens (including phenoxy) is 2. The molecule has 3 aliphatic rings. The molecule has 1 aromatic rings. The first kappa shape index (κ1) is 17.4. The molecule has 2 atom stereocenters. The highest BCUT2D eigenvalue weighted by molar-refractivity contribution is 5.92. The Labute approximate surface area is 151 Å². The van der Waals surface area contributed by atoms with Crippen molar-refractivity contribution in [3.63, 3.8) is 0 Å². The Morgan fingerprint density at radius 2 is 1.85 bits per heavy atom. The third kappa shape index (κ3) is 3.46. The molecule has 1 N–H and O–H groups in total. The zero-order valence-electron chi connectivity index (χ0n) is 14.6. The van der Waals surface area contributed by atoms with Gasteiger partial charge in [0.25, 0.3) is 0 Å². The smallest absolute Gasteiger partial charge is 0.226 e. The van der Waals surface area contributed by atoms with Crippen LogP contribution in [0.2, 0.25) is 0 Å². The van der Waals surface area contributed by atoms with Crippen molar-refractivity contribution in [3.8, 4) is 0 Å². The first-order valence-electron chi connectivity index (χ1n) is 9.16. The van der Waals surface area contributed by atoms with Gasteiger partial charge in [0.2, 0.25) is 11.8 Å². The summed E-state index contributed by atoms with van der Waals surface area (Å²) in [6, 6.07) is 6.35. The number of nitrogens with zero attached hydrogens (tertiary/aromatic N) is 1. The molecule has 26 heavy (non-hydrogen) atoms. The van der Waals surface area contributed by atoms with Gasteiger partial charge < -0.3 is 19.7 Å². The number of hydrogen-bond acceptors (Lipinski definition) is 4. The molecule has 0 bridgehead atoms. The van der Waals surface area contributed by atoms with Crippen LogP contribution in [0.1, 0.15) is 24.8 Å². The first-order chi connectivity index (χ1) is 12.6. The van der Waals surface area contributed by atoms with Crippen molar-refractivity contribution in [2.75, 3.05) is 26.3 Å². The largest absolute Gasteiger partial charge is 0.352 e. The van der Waals surface area contributed by atoms with Gasteiger partial charge in [-0.25, -0.2) is 4.39 Å². The number of rotatable bonds is 4. The average Bonchev–Trinajstić information content (AvgIpc) is 3.34. The summed E-state index contributed by atoms with van der Waals surface area (Å²) >= 11 is 0. The minimum atomic E-state index is -0.503. The molecule has 0 aromatic heterocycles. The summed E-state index contributed by atoms with van der Waals surface area (Å²) in [5.74, 6) is -1.54. The van der Waals surface area contributed by atoms with Gasteiger partial charge in [-0.3, -0.25) is 9.59 Å². The molecular weight excluding hydrogens is 339 g/mol. The van der Waals surface area contributed by atoms with E-state index < -0.39 is 5.79 Å². The van der Waals surface area contributed by atoms with Gasteiger partial charge in [0.05, 0.1) is 25.0 Å². The highest BCUT2D eigenvalue weighted by atomic mass is 19.1. The number of likely N-dealkylation sites (tertiary alicyclic amines) is 1. The van der Waals surface area contributed by atoms with Gasteiger partial charge in [-0.15, -0.1) is 0 Å². The normalized spacial score (nSPS) is 26.7. The molecule has 140 valence electrons. The Balaban J connectivity index is 1.25. The third-order valence-corrected chi connectivity index (χ3v) is 5.51. The van der Waals surface area contributed by atoms with Crippen molar-refractivity contribution >= 4 is 11.8 Å². The van der Waals surface area contributed by atoms with Gasteiger partial charge in [0.1, 0.15) is 5.82 Å². The van der Waals surface area contributed by atoms with Crippen LogP contribution in [-0.2, 0) is 25.6 Å². The van der Waals surface area contributed by atoms with Crippen LogP contribution >= 0.6 is 0 Å². The summed E-state index contributed by atoms with van der Waals surface area (Å²) in [6.07, 6.45) is 1.92. The number of halogens is 1. The standard InChI is InChI=1S/C19H23FN2O4/c20-16-4-2-1-3-13(16)12-21-17(23)14-11-15(14)18(24)22-7-5-19(6-8-22)25-9-10-26-19/h1-4,14-15H,5-12H2,(H,21,23).